The van der Waals surface area contributed by atoms with E-state index in [4.69, 9.17) is 57.0 Å². The summed E-state index contributed by atoms with van der Waals surface area (Å²) in [4.78, 5) is 64.1. The normalized spacial score (nSPS) is 30.3. The van der Waals surface area contributed by atoms with Crippen LogP contribution < -0.4 is 17.0 Å². The number of H-pyrrole nitrogens is 1. The highest BCUT2D eigenvalue weighted by molar-refractivity contribution is 8.55. The number of ether oxygens (including phenoxy) is 7. The molecule has 9 atom stereocenters. The molecule has 3 N–H and O–H groups in total. The zero-order valence-corrected chi connectivity index (χ0v) is 34.9. The van der Waals surface area contributed by atoms with Gasteiger partial charge in [-0.3, -0.25) is 37.0 Å². The molecule has 0 radical (unpaired) electrons. The van der Waals surface area contributed by atoms with E-state index in [9.17, 15) is 28.3 Å². The minimum atomic E-state index is -4.48. The molecular formula is C30H41N7O17P2S2. The third-order valence-corrected chi connectivity index (χ3v) is 15.0. The van der Waals surface area contributed by atoms with E-state index in [-0.39, 0.29) is 23.4 Å². The highest BCUT2D eigenvalue weighted by Crippen LogP contribution is 2.66. The van der Waals surface area contributed by atoms with Crippen molar-refractivity contribution in [2.45, 2.75) is 89.3 Å². The lowest BCUT2D eigenvalue weighted by atomic mass is 10.1. The minimum absolute atomic E-state index is 0.0591. The maximum atomic E-state index is 14.7. The largest absolute Gasteiger partial charge is 0.509 e. The number of carbonyl (C=O) groups is 2. The molecule has 6 heterocycles. The van der Waals surface area contributed by atoms with Gasteiger partial charge in [-0.25, -0.2) is 38.5 Å². The summed E-state index contributed by atoms with van der Waals surface area (Å²) < 4.78 is 94.7. The van der Waals surface area contributed by atoms with Gasteiger partial charge in [0.25, 0.3) is 5.56 Å². The molecule has 0 aromatic carbocycles. The zero-order valence-electron chi connectivity index (χ0n) is 31.5. The molecule has 3 aliphatic rings. The third kappa shape index (κ3) is 10.6. The number of rotatable bonds is 11. The third-order valence-electron chi connectivity index (χ3n) is 8.26. The first-order valence-electron chi connectivity index (χ1n) is 17.5. The number of fused-ring (bicyclic) bond motifs is 5. The molecule has 58 heavy (non-hydrogen) atoms. The van der Waals surface area contributed by atoms with Crippen LogP contribution in [0.5, 0.6) is 0 Å². The van der Waals surface area contributed by atoms with E-state index in [1.54, 1.807) is 27.7 Å². The number of aromatic nitrogens is 6. The number of anilines is 1. The second-order valence-corrected chi connectivity index (χ2v) is 21.0. The summed E-state index contributed by atoms with van der Waals surface area (Å²) in [7, 11) is 1.27. The second-order valence-electron chi connectivity index (χ2n) is 13.1. The molecule has 3 aliphatic heterocycles. The van der Waals surface area contributed by atoms with Crippen LogP contribution in [0.4, 0.5) is 15.4 Å². The van der Waals surface area contributed by atoms with E-state index < -0.39 is 117 Å². The summed E-state index contributed by atoms with van der Waals surface area (Å²) in [5.41, 5.74) is 4.87. The molecule has 320 valence electrons. The van der Waals surface area contributed by atoms with E-state index in [2.05, 4.69) is 19.9 Å². The SMILES string of the molecule is CO[C@H]1[C@H]2OP(=O)(SCOC(=O)OC(C)C)OC[C@@H]3C[C@@H](OP(=O)(SCOC(=O)OC(C)C)OC[C@H]1O[C@H]2n1ccc(=O)[nH]c1=O)[C@H](n1cnc2c(N)ncnc21)O3. The molecular weight excluding hydrogens is 856 g/mol. The topological polar surface area (TPSA) is 294 Å². The van der Waals surface area contributed by atoms with Crippen molar-refractivity contribution in [3.8, 4) is 0 Å². The number of carbonyl (C=O) groups excluding carboxylic acids is 2. The van der Waals surface area contributed by atoms with Crippen LogP contribution >= 0.6 is 36.4 Å². The van der Waals surface area contributed by atoms with E-state index in [0.29, 0.717) is 22.8 Å². The van der Waals surface area contributed by atoms with Crippen molar-refractivity contribution in [1.29, 1.82) is 0 Å². The first-order valence-corrected chi connectivity index (χ1v) is 23.7. The summed E-state index contributed by atoms with van der Waals surface area (Å²) in [5.74, 6) is -1.04. The van der Waals surface area contributed by atoms with Gasteiger partial charge in [-0.1, -0.05) is 0 Å². The van der Waals surface area contributed by atoms with Gasteiger partial charge in [0.05, 0.1) is 37.9 Å². The van der Waals surface area contributed by atoms with Crippen molar-refractivity contribution in [1.82, 2.24) is 29.1 Å². The van der Waals surface area contributed by atoms with Gasteiger partial charge in [0, 0.05) is 48.6 Å². The Morgan fingerprint density at radius 1 is 0.914 bits per heavy atom. The van der Waals surface area contributed by atoms with Gasteiger partial charge < -0.3 is 38.9 Å². The lowest BCUT2D eigenvalue weighted by molar-refractivity contribution is -0.0611. The lowest BCUT2D eigenvalue weighted by Crippen LogP contribution is -2.40. The smallest absolute Gasteiger partial charge is 0.432 e. The van der Waals surface area contributed by atoms with Gasteiger partial charge in [0.2, 0.25) is 0 Å². The predicted octanol–water partition coefficient (Wildman–Crippen LogP) is 3.70. The summed E-state index contributed by atoms with van der Waals surface area (Å²) >= 11 is 0.998. The Balaban J connectivity index is 1.37. The van der Waals surface area contributed by atoms with Gasteiger partial charge in [0.15, 0.2) is 35.8 Å². The highest BCUT2D eigenvalue weighted by atomic mass is 32.7. The van der Waals surface area contributed by atoms with Crippen LogP contribution in [0.3, 0.4) is 0 Å². The Morgan fingerprint density at radius 2 is 1.57 bits per heavy atom. The first-order chi connectivity index (χ1) is 27.6. The molecule has 6 rings (SSSR count). The Bertz CT molecular complexity index is 2160. The van der Waals surface area contributed by atoms with Crippen molar-refractivity contribution in [2.24, 2.45) is 0 Å². The molecule has 3 aromatic rings. The molecule has 3 aromatic heterocycles. The van der Waals surface area contributed by atoms with Crippen LogP contribution in [0, 0.1) is 0 Å². The molecule has 0 aliphatic carbocycles. The summed E-state index contributed by atoms with van der Waals surface area (Å²) in [6.45, 7) is -3.46. The van der Waals surface area contributed by atoms with Gasteiger partial charge in [-0.05, 0) is 27.7 Å². The number of methoxy groups -OCH3 is 1. The first kappa shape index (κ1) is 44.0. The summed E-state index contributed by atoms with van der Waals surface area (Å²) in [5, 5.41) is 0. The number of hydrogen-bond donors (Lipinski definition) is 2. The van der Waals surface area contributed by atoms with Crippen molar-refractivity contribution >= 4 is 65.7 Å². The maximum absolute atomic E-state index is 14.7. The van der Waals surface area contributed by atoms with Gasteiger partial charge in [-0.15, -0.1) is 0 Å². The van der Waals surface area contributed by atoms with Gasteiger partial charge in [0.1, 0.15) is 36.3 Å². The molecule has 4 bridgehead atoms. The monoisotopic (exact) mass is 897 g/mol. The van der Waals surface area contributed by atoms with E-state index in [1.807, 2.05) is 0 Å². The molecule has 28 heteroatoms. The predicted molar refractivity (Wildman–Crippen MR) is 201 cm³/mol. The zero-order chi connectivity index (χ0) is 41.8. The summed E-state index contributed by atoms with van der Waals surface area (Å²) in [6, 6.07) is 1.05. The quantitative estimate of drug-likeness (QED) is 0.157. The van der Waals surface area contributed by atoms with Crippen LogP contribution in [0.15, 0.2) is 34.5 Å². The fourth-order valence-corrected chi connectivity index (χ4v) is 11.5. The summed E-state index contributed by atoms with van der Waals surface area (Å²) in [6.07, 6.45) is -8.03. The van der Waals surface area contributed by atoms with Crippen LogP contribution in [0.25, 0.3) is 11.2 Å². The number of nitrogen functional groups attached to an aromatic ring is 1. The van der Waals surface area contributed by atoms with E-state index in [0.717, 1.165) is 16.8 Å². The number of nitrogens with zero attached hydrogens (tertiary/aromatic N) is 5. The number of hydrogen-bond acceptors (Lipinski definition) is 23. The Kier molecular flexibility index (Phi) is 14.3. The second kappa shape index (κ2) is 18.8. The Morgan fingerprint density at radius 3 is 2.21 bits per heavy atom. The van der Waals surface area contributed by atoms with Crippen LogP contribution in [0.2, 0.25) is 0 Å². The van der Waals surface area contributed by atoms with Crippen LogP contribution in [0.1, 0.15) is 46.6 Å². The molecule has 24 nitrogen and oxygen atoms in total. The number of nitrogens with two attached hydrogens (primary N) is 1. The number of imidazole rings is 1. The van der Waals surface area contributed by atoms with Gasteiger partial charge in [-0.2, -0.15) is 0 Å². The average Bonchev–Trinajstić information content (AvgIpc) is 3.84. The fraction of sp³-hybridized carbons (Fsp3) is 0.633. The highest BCUT2D eigenvalue weighted by Gasteiger charge is 2.53. The van der Waals surface area contributed by atoms with Crippen LogP contribution in [-0.4, -0.2) is 116 Å². The van der Waals surface area contributed by atoms with Crippen molar-refractivity contribution in [3.05, 3.63) is 45.8 Å². The molecule has 3 saturated heterocycles. The molecule has 3 fully saturated rings. The van der Waals surface area contributed by atoms with Crippen molar-refractivity contribution in [2.75, 3.05) is 37.9 Å². The van der Waals surface area contributed by atoms with E-state index in [1.165, 1.54) is 24.3 Å². The van der Waals surface area contributed by atoms with Crippen molar-refractivity contribution < 1.29 is 70.0 Å². The Hall–Kier alpha value is -3.55. The minimum Gasteiger partial charge on any atom is -0.432 e. The number of nitrogens with one attached hydrogen (secondary N) is 1. The Labute approximate surface area is 336 Å². The number of aromatic amines is 1. The molecule has 0 spiro atoms. The van der Waals surface area contributed by atoms with E-state index >= 15 is 0 Å². The standard InChI is InChI=1S/C30H41N7O17P2S2/c1-15(2)49-29(40)45-13-57-55(42)48-10-19-22(44-5)23(27(52-19)36-7-6-20(38)35-28(36)39)54-56(43,58-14-46-30(41)50-16(3)4)47-9-17-8-18(53-55)26(51-17)37-12-34-21-24(31)32-11-33-25(21)37/h6-7,11-12,15-19,22-23,26-27H,8-10,13-14H2,1-5H3,(H2,31,32,33)(H,35,38,39)/t17-,18+,19+,22+,23+,26+,27+,55?,56?/m0/s1. The molecule has 0 saturated carbocycles. The molecule has 2 unspecified atom stereocenters. The maximum Gasteiger partial charge on any atom is 0.509 e. The van der Waals surface area contributed by atoms with Crippen LogP contribution in [-0.2, 0) is 60.4 Å². The van der Waals surface area contributed by atoms with Crippen molar-refractivity contribution in [3.63, 3.8) is 0 Å². The average molecular weight is 898 g/mol. The lowest BCUT2D eigenvalue weighted by Gasteiger charge is -2.28. The van der Waals surface area contributed by atoms with Gasteiger partial charge >= 0.3 is 31.6 Å². The fourth-order valence-electron chi connectivity index (χ4n) is 5.89. The molecule has 0 amide bonds.